The SMILES string of the molecule is FC1CC(c2ccccc2)n2[nH]c(=S)nc21.FC1CC1. The van der Waals surface area contributed by atoms with Crippen molar-refractivity contribution in [2.45, 2.75) is 37.6 Å². The number of hydrogen-bond donors (Lipinski definition) is 1. The van der Waals surface area contributed by atoms with Crippen LogP contribution >= 0.6 is 12.2 Å². The fourth-order valence-electron chi connectivity index (χ4n) is 2.23. The van der Waals surface area contributed by atoms with Crippen LogP contribution in [0.3, 0.4) is 0 Å². The predicted octanol–water partition coefficient (Wildman–Crippen LogP) is 4.06. The minimum Gasteiger partial charge on any atom is -0.270 e. The van der Waals surface area contributed by atoms with Crippen molar-refractivity contribution in [2.75, 3.05) is 0 Å². The van der Waals surface area contributed by atoms with Crippen LogP contribution in [-0.4, -0.2) is 20.9 Å². The second-order valence-corrected chi connectivity index (χ2v) is 5.45. The van der Waals surface area contributed by atoms with Crippen LogP contribution in [-0.2, 0) is 0 Å². The second kappa shape index (κ2) is 5.44. The van der Waals surface area contributed by atoms with Crippen molar-refractivity contribution in [2.24, 2.45) is 0 Å². The third kappa shape index (κ3) is 2.80. The first kappa shape index (κ1) is 13.4. The Morgan fingerprint density at radius 2 is 1.85 bits per heavy atom. The quantitative estimate of drug-likeness (QED) is 0.805. The highest BCUT2D eigenvalue weighted by molar-refractivity contribution is 7.71. The molecule has 6 heteroatoms. The minimum atomic E-state index is -1.03. The maximum absolute atomic E-state index is 13.7. The number of nitrogens with one attached hydrogen (secondary N) is 1. The molecule has 1 fully saturated rings. The molecule has 20 heavy (non-hydrogen) atoms. The van der Waals surface area contributed by atoms with Gasteiger partial charge in [-0.05, 0) is 30.6 Å². The first-order valence-corrected chi connectivity index (χ1v) is 7.07. The van der Waals surface area contributed by atoms with E-state index in [1.165, 1.54) is 0 Å². The Labute approximate surface area is 120 Å². The lowest BCUT2D eigenvalue weighted by atomic mass is 10.0. The van der Waals surface area contributed by atoms with Crippen molar-refractivity contribution in [3.8, 4) is 0 Å². The standard InChI is InChI=1S/C11H10FN3S.C3H5F/c12-8-6-9(7-4-2-1-3-5-7)15-10(8)13-11(16)14-15;4-3-1-2-3/h1-5,8-9H,6H2,(H,14,16);3H,1-2H2. The summed E-state index contributed by atoms with van der Waals surface area (Å²) in [5.41, 5.74) is 1.08. The molecular weight excluding hydrogens is 280 g/mol. The van der Waals surface area contributed by atoms with E-state index in [4.69, 9.17) is 12.2 Å². The molecule has 4 rings (SSSR count). The summed E-state index contributed by atoms with van der Waals surface area (Å²) >= 11 is 4.92. The summed E-state index contributed by atoms with van der Waals surface area (Å²) < 4.78 is 26.9. The van der Waals surface area contributed by atoms with E-state index in [1.807, 2.05) is 30.3 Å². The normalized spacial score (nSPS) is 23.9. The van der Waals surface area contributed by atoms with Crippen molar-refractivity contribution in [3.05, 3.63) is 46.5 Å². The maximum atomic E-state index is 13.7. The van der Waals surface area contributed by atoms with Crippen LogP contribution in [0.1, 0.15) is 42.9 Å². The van der Waals surface area contributed by atoms with E-state index in [-0.39, 0.29) is 6.04 Å². The Morgan fingerprint density at radius 1 is 1.20 bits per heavy atom. The number of aromatic nitrogens is 3. The molecule has 2 atom stereocenters. The Hall–Kier alpha value is -1.56. The van der Waals surface area contributed by atoms with Crippen LogP contribution in [0.5, 0.6) is 0 Å². The summed E-state index contributed by atoms with van der Waals surface area (Å²) in [4.78, 5) is 4.00. The number of halogens is 2. The summed E-state index contributed by atoms with van der Waals surface area (Å²) in [7, 11) is 0. The average Bonchev–Trinajstić information content (AvgIpc) is 3.04. The molecule has 2 aromatic rings. The summed E-state index contributed by atoms with van der Waals surface area (Å²) in [5, 5.41) is 2.92. The molecule has 1 aromatic carbocycles. The average molecular weight is 295 g/mol. The Bertz CT molecular complexity index is 633. The van der Waals surface area contributed by atoms with Gasteiger partial charge in [0.1, 0.15) is 6.17 Å². The van der Waals surface area contributed by atoms with Crippen LogP contribution < -0.4 is 0 Å². The highest BCUT2D eigenvalue weighted by Crippen LogP contribution is 2.38. The van der Waals surface area contributed by atoms with Crippen molar-refractivity contribution in [1.82, 2.24) is 14.8 Å². The molecule has 2 unspecified atom stereocenters. The van der Waals surface area contributed by atoms with E-state index in [9.17, 15) is 8.78 Å². The van der Waals surface area contributed by atoms with Crippen LogP contribution in [0.4, 0.5) is 8.78 Å². The zero-order valence-corrected chi connectivity index (χ0v) is 11.6. The maximum Gasteiger partial charge on any atom is 0.213 e. The van der Waals surface area contributed by atoms with Gasteiger partial charge >= 0.3 is 0 Å². The van der Waals surface area contributed by atoms with Gasteiger partial charge in [0.15, 0.2) is 12.0 Å². The number of rotatable bonds is 1. The number of aromatic amines is 1. The number of benzene rings is 1. The van der Waals surface area contributed by atoms with Crippen molar-refractivity contribution in [3.63, 3.8) is 0 Å². The van der Waals surface area contributed by atoms with E-state index < -0.39 is 12.3 Å². The van der Waals surface area contributed by atoms with Gasteiger partial charge in [-0.25, -0.2) is 13.8 Å². The second-order valence-electron chi connectivity index (χ2n) is 5.06. The molecule has 1 aliphatic heterocycles. The van der Waals surface area contributed by atoms with E-state index in [0.717, 1.165) is 18.4 Å². The van der Waals surface area contributed by atoms with Crippen LogP contribution in [0, 0.1) is 4.77 Å². The highest BCUT2D eigenvalue weighted by Gasteiger charge is 2.33. The predicted molar refractivity (Wildman–Crippen MR) is 74.6 cm³/mol. The Morgan fingerprint density at radius 3 is 2.45 bits per heavy atom. The topological polar surface area (TPSA) is 33.6 Å². The zero-order valence-electron chi connectivity index (χ0n) is 10.8. The first-order valence-electron chi connectivity index (χ1n) is 6.66. The molecule has 2 heterocycles. The highest BCUT2D eigenvalue weighted by atomic mass is 32.1. The lowest BCUT2D eigenvalue weighted by Crippen LogP contribution is -2.06. The van der Waals surface area contributed by atoms with Gasteiger partial charge in [-0.1, -0.05) is 30.3 Å². The third-order valence-corrected chi connectivity index (χ3v) is 3.57. The van der Waals surface area contributed by atoms with Gasteiger partial charge in [0.05, 0.1) is 6.04 Å². The van der Waals surface area contributed by atoms with Crippen molar-refractivity contribution < 1.29 is 8.78 Å². The molecule has 0 radical (unpaired) electrons. The van der Waals surface area contributed by atoms with E-state index in [0.29, 0.717) is 17.0 Å². The molecule has 0 bridgehead atoms. The van der Waals surface area contributed by atoms with Crippen LogP contribution in [0.25, 0.3) is 0 Å². The Balaban J connectivity index is 0.000000261. The molecule has 106 valence electrons. The number of nitrogens with zero attached hydrogens (tertiary/aromatic N) is 2. The lowest BCUT2D eigenvalue weighted by molar-refractivity contribution is 0.328. The van der Waals surface area contributed by atoms with Crippen LogP contribution in [0.2, 0.25) is 0 Å². The van der Waals surface area contributed by atoms with Crippen LogP contribution in [0.15, 0.2) is 30.3 Å². The molecule has 2 aliphatic rings. The number of H-pyrrole nitrogens is 1. The molecule has 3 nitrogen and oxygen atoms in total. The van der Waals surface area contributed by atoms with Gasteiger partial charge < -0.3 is 0 Å². The lowest BCUT2D eigenvalue weighted by Gasteiger charge is -2.11. The summed E-state index contributed by atoms with van der Waals surface area (Å²) in [6, 6.07) is 9.81. The monoisotopic (exact) mass is 295 g/mol. The number of hydrogen-bond acceptors (Lipinski definition) is 2. The van der Waals surface area contributed by atoms with E-state index >= 15 is 0 Å². The summed E-state index contributed by atoms with van der Waals surface area (Å²) in [5.74, 6) is 0.416. The van der Waals surface area contributed by atoms with Gasteiger partial charge in [0.2, 0.25) is 4.77 Å². The minimum absolute atomic E-state index is 0.0181. The van der Waals surface area contributed by atoms with Gasteiger partial charge in [-0.3, -0.25) is 9.78 Å². The van der Waals surface area contributed by atoms with E-state index in [1.54, 1.807) is 4.68 Å². The summed E-state index contributed by atoms with van der Waals surface area (Å²) in [6.07, 6.45) is 0.622. The first-order chi connectivity index (χ1) is 9.65. The molecule has 0 saturated heterocycles. The van der Waals surface area contributed by atoms with Gasteiger partial charge in [0, 0.05) is 6.42 Å². The smallest absolute Gasteiger partial charge is 0.213 e. The van der Waals surface area contributed by atoms with Gasteiger partial charge in [-0.15, -0.1) is 0 Å². The molecule has 1 N–H and O–H groups in total. The fourth-order valence-corrected chi connectivity index (χ4v) is 2.42. The zero-order chi connectivity index (χ0) is 14.1. The molecule has 1 saturated carbocycles. The molecular formula is C14H15F2N3S. The largest absolute Gasteiger partial charge is 0.270 e. The Kier molecular flexibility index (Phi) is 3.65. The van der Waals surface area contributed by atoms with Gasteiger partial charge in [0.25, 0.3) is 0 Å². The number of fused-ring (bicyclic) bond motifs is 1. The molecule has 0 spiro atoms. The molecule has 1 aliphatic carbocycles. The van der Waals surface area contributed by atoms with Crippen molar-refractivity contribution >= 4 is 12.2 Å². The number of alkyl halides is 2. The van der Waals surface area contributed by atoms with E-state index in [2.05, 4.69) is 10.1 Å². The summed E-state index contributed by atoms with van der Waals surface area (Å²) in [6.45, 7) is 0. The van der Waals surface area contributed by atoms with Gasteiger partial charge in [-0.2, -0.15) is 0 Å². The molecule has 0 amide bonds. The van der Waals surface area contributed by atoms with Crippen molar-refractivity contribution in [1.29, 1.82) is 0 Å². The molecule has 1 aromatic heterocycles. The fraction of sp³-hybridized carbons (Fsp3) is 0.429. The third-order valence-electron chi connectivity index (χ3n) is 3.39.